The third-order valence-corrected chi connectivity index (χ3v) is 3.57. The number of anilines is 2. The number of fused-ring (bicyclic) bond motifs is 1. The Hall–Kier alpha value is -3.35. The Balaban J connectivity index is 1.75. The smallest absolute Gasteiger partial charge is 0.338 e. The van der Waals surface area contributed by atoms with Crippen LogP contribution >= 0.6 is 0 Å². The van der Waals surface area contributed by atoms with Crippen molar-refractivity contribution < 1.29 is 23.9 Å². The summed E-state index contributed by atoms with van der Waals surface area (Å²) in [7, 11) is 0. The Morgan fingerprint density at radius 1 is 1.15 bits per heavy atom. The van der Waals surface area contributed by atoms with Gasteiger partial charge in [-0.3, -0.25) is 9.59 Å². The fourth-order valence-corrected chi connectivity index (χ4v) is 2.43. The molecule has 26 heavy (non-hydrogen) atoms. The van der Waals surface area contributed by atoms with Gasteiger partial charge in [0.2, 0.25) is 0 Å². The molecule has 0 spiro atoms. The molecule has 2 aromatic carbocycles. The zero-order valence-electron chi connectivity index (χ0n) is 14.4. The standard InChI is InChI=1S/C19H18N2O5/c1-11(2)26-19(24)13-4-3-5-14(8-13)20-18(23)12-6-7-16-15(9-12)21-17(22)10-25-16/h3-9,11H,10H2,1-2H3,(H,20,23)(H,21,22). The van der Waals surface area contributed by atoms with E-state index >= 15 is 0 Å². The van der Waals surface area contributed by atoms with E-state index in [1.807, 2.05) is 0 Å². The van der Waals surface area contributed by atoms with Crippen molar-refractivity contribution in [2.24, 2.45) is 0 Å². The molecular formula is C19H18N2O5. The minimum Gasteiger partial charge on any atom is -0.482 e. The van der Waals surface area contributed by atoms with Gasteiger partial charge in [-0.05, 0) is 50.2 Å². The van der Waals surface area contributed by atoms with E-state index in [2.05, 4.69) is 10.6 Å². The average molecular weight is 354 g/mol. The van der Waals surface area contributed by atoms with Crippen molar-refractivity contribution in [2.45, 2.75) is 20.0 Å². The summed E-state index contributed by atoms with van der Waals surface area (Å²) in [6.45, 7) is 3.49. The largest absolute Gasteiger partial charge is 0.482 e. The summed E-state index contributed by atoms with van der Waals surface area (Å²) in [5.74, 6) is -0.585. The summed E-state index contributed by atoms with van der Waals surface area (Å²) in [6, 6.07) is 11.3. The third kappa shape index (κ3) is 4.00. The molecule has 2 aromatic rings. The summed E-state index contributed by atoms with van der Waals surface area (Å²) in [4.78, 5) is 35.8. The van der Waals surface area contributed by atoms with Crippen LogP contribution in [-0.4, -0.2) is 30.5 Å². The summed E-state index contributed by atoms with van der Waals surface area (Å²) < 4.78 is 10.4. The van der Waals surface area contributed by atoms with Gasteiger partial charge in [0.15, 0.2) is 6.61 Å². The Bertz CT molecular complexity index is 876. The number of hydrogen-bond donors (Lipinski definition) is 2. The van der Waals surface area contributed by atoms with E-state index in [1.54, 1.807) is 56.3 Å². The van der Waals surface area contributed by atoms with Crippen LogP contribution in [0, 0.1) is 0 Å². The number of ether oxygens (including phenoxy) is 2. The average Bonchev–Trinajstić information content (AvgIpc) is 2.60. The highest BCUT2D eigenvalue weighted by molar-refractivity contribution is 6.06. The summed E-state index contributed by atoms with van der Waals surface area (Å²) >= 11 is 0. The highest BCUT2D eigenvalue weighted by atomic mass is 16.5. The molecule has 2 N–H and O–H groups in total. The molecule has 0 radical (unpaired) electrons. The van der Waals surface area contributed by atoms with Gasteiger partial charge in [-0.25, -0.2) is 4.79 Å². The highest BCUT2D eigenvalue weighted by Gasteiger charge is 2.18. The van der Waals surface area contributed by atoms with Gasteiger partial charge < -0.3 is 20.1 Å². The number of nitrogens with one attached hydrogen (secondary N) is 2. The first kappa shape index (κ1) is 17.5. The second-order valence-electron chi connectivity index (χ2n) is 6.04. The molecule has 1 heterocycles. The number of esters is 1. The Morgan fingerprint density at radius 2 is 1.96 bits per heavy atom. The van der Waals surface area contributed by atoms with Gasteiger partial charge in [0.25, 0.3) is 11.8 Å². The van der Waals surface area contributed by atoms with Crippen LogP contribution in [0.15, 0.2) is 42.5 Å². The predicted molar refractivity (Wildman–Crippen MR) is 95.5 cm³/mol. The van der Waals surface area contributed by atoms with Crippen LogP contribution in [0.4, 0.5) is 11.4 Å². The molecule has 0 unspecified atom stereocenters. The Kier molecular flexibility index (Phi) is 4.88. The van der Waals surface area contributed by atoms with Gasteiger partial charge in [-0.1, -0.05) is 6.07 Å². The molecule has 1 aliphatic rings. The van der Waals surface area contributed by atoms with E-state index in [1.165, 1.54) is 0 Å². The maximum Gasteiger partial charge on any atom is 0.338 e. The van der Waals surface area contributed by atoms with E-state index < -0.39 is 5.97 Å². The molecule has 0 fully saturated rings. The lowest BCUT2D eigenvalue weighted by molar-refractivity contribution is -0.118. The molecular weight excluding hydrogens is 336 g/mol. The first-order chi connectivity index (χ1) is 12.4. The minimum atomic E-state index is -0.454. The normalized spacial score (nSPS) is 12.7. The maximum atomic E-state index is 12.5. The molecule has 0 saturated heterocycles. The van der Waals surface area contributed by atoms with Crippen LogP contribution in [0.5, 0.6) is 5.75 Å². The van der Waals surface area contributed by atoms with Crippen LogP contribution in [0.1, 0.15) is 34.6 Å². The summed E-state index contributed by atoms with van der Waals surface area (Å²) in [5, 5.41) is 5.38. The lowest BCUT2D eigenvalue weighted by Crippen LogP contribution is -2.25. The molecule has 0 aliphatic carbocycles. The quantitative estimate of drug-likeness (QED) is 0.824. The molecule has 1 aliphatic heterocycles. The summed E-state index contributed by atoms with van der Waals surface area (Å²) in [6.07, 6.45) is -0.228. The van der Waals surface area contributed by atoms with Crippen LogP contribution in [0.2, 0.25) is 0 Å². The fraction of sp³-hybridized carbons (Fsp3) is 0.211. The molecule has 0 aromatic heterocycles. The molecule has 2 amide bonds. The van der Waals surface area contributed by atoms with Crippen molar-refractivity contribution in [3.8, 4) is 5.75 Å². The SMILES string of the molecule is CC(C)OC(=O)c1cccc(NC(=O)c2ccc3c(c2)NC(=O)CO3)c1. The van der Waals surface area contributed by atoms with Crippen LogP contribution in [0.25, 0.3) is 0 Å². The molecule has 3 rings (SSSR count). The van der Waals surface area contributed by atoms with Crippen molar-refractivity contribution in [2.75, 3.05) is 17.2 Å². The molecule has 134 valence electrons. The molecule has 7 heteroatoms. The van der Waals surface area contributed by atoms with E-state index in [-0.39, 0.29) is 24.5 Å². The van der Waals surface area contributed by atoms with Crippen LogP contribution < -0.4 is 15.4 Å². The van der Waals surface area contributed by atoms with Gasteiger partial charge in [0.05, 0.1) is 17.4 Å². The zero-order chi connectivity index (χ0) is 18.7. The van der Waals surface area contributed by atoms with Gasteiger partial charge >= 0.3 is 5.97 Å². The number of hydrogen-bond acceptors (Lipinski definition) is 5. The fourth-order valence-electron chi connectivity index (χ4n) is 2.43. The number of benzene rings is 2. The lowest BCUT2D eigenvalue weighted by Gasteiger charge is -2.18. The molecule has 0 atom stereocenters. The first-order valence-corrected chi connectivity index (χ1v) is 8.11. The van der Waals surface area contributed by atoms with E-state index in [4.69, 9.17) is 9.47 Å². The zero-order valence-corrected chi connectivity index (χ0v) is 14.4. The van der Waals surface area contributed by atoms with E-state index in [9.17, 15) is 14.4 Å². The van der Waals surface area contributed by atoms with Gasteiger partial charge in [-0.2, -0.15) is 0 Å². The highest BCUT2D eigenvalue weighted by Crippen LogP contribution is 2.28. The number of amides is 2. The number of rotatable bonds is 4. The third-order valence-electron chi connectivity index (χ3n) is 3.57. The Morgan fingerprint density at radius 3 is 2.73 bits per heavy atom. The number of carbonyl (C=O) groups excluding carboxylic acids is 3. The minimum absolute atomic E-state index is 0.0438. The van der Waals surface area contributed by atoms with Crippen molar-refractivity contribution in [3.05, 3.63) is 53.6 Å². The van der Waals surface area contributed by atoms with Crippen LogP contribution in [-0.2, 0) is 9.53 Å². The van der Waals surface area contributed by atoms with E-state index in [0.29, 0.717) is 28.3 Å². The van der Waals surface area contributed by atoms with Gasteiger partial charge in [0.1, 0.15) is 5.75 Å². The molecule has 0 bridgehead atoms. The van der Waals surface area contributed by atoms with Gasteiger partial charge in [0, 0.05) is 11.3 Å². The topological polar surface area (TPSA) is 93.7 Å². The maximum absolute atomic E-state index is 12.5. The Labute approximate surface area is 150 Å². The van der Waals surface area contributed by atoms with E-state index in [0.717, 1.165) is 0 Å². The van der Waals surface area contributed by atoms with Gasteiger partial charge in [-0.15, -0.1) is 0 Å². The molecule has 7 nitrogen and oxygen atoms in total. The van der Waals surface area contributed by atoms with Crippen molar-refractivity contribution in [3.63, 3.8) is 0 Å². The second-order valence-corrected chi connectivity index (χ2v) is 6.04. The monoisotopic (exact) mass is 354 g/mol. The molecule has 0 saturated carbocycles. The van der Waals surface area contributed by atoms with Crippen molar-refractivity contribution in [1.82, 2.24) is 0 Å². The predicted octanol–water partition coefficient (Wildman–Crippen LogP) is 2.84. The number of carbonyl (C=O) groups is 3. The van der Waals surface area contributed by atoms with Crippen molar-refractivity contribution in [1.29, 1.82) is 0 Å². The lowest BCUT2D eigenvalue weighted by atomic mass is 10.1. The van der Waals surface area contributed by atoms with Crippen molar-refractivity contribution >= 4 is 29.2 Å². The second kappa shape index (κ2) is 7.26. The van der Waals surface area contributed by atoms with Crippen LogP contribution in [0.3, 0.4) is 0 Å². The summed E-state index contributed by atoms with van der Waals surface area (Å²) in [5.41, 5.74) is 1.61. The first-order valence-electron chi connectivity index (χ1n) is 8.11.